The molecule has 112 valence electrons. The average Bonchev–Trinajstić information content (AvgIpc) is 2.40. The van der Waals surface area contributed by atoms with E-state index in [-0.39, 0.29) is 5.56 Å². The standard InChI is InChI=1S/C17H22N2O2/c1-6-19-16(20)14(17(4,5)21)10-15(18-19)13-9-11(2)7-8-12(13)3/h7-10,21H,6H2,1-5H3. The van der Waals surface area contributed by atoms with Crippen molar-refractivity contribution in [2.45, 2.75) is 46.8 Å². The molecule has 0 aliphatic rings. The molecule has 2 aromatic rings. The second-order valence-corrected chi connectivity index (χ2v) is 5.94. The molecule has 1 heterocycles. The van der Waals surface area contributed by atoms with Gasteiger partial charge in [-0.2, -0.15) is 5.10 Å². The molecule has 1 N–H and O–H groups in total. The van der Waals surface area contributed by atoms with Gasteiger partial charge in [0, 0.05) is 12.1 Å². The van der Waals surface area contributed by atoms with Crippen molar-refractivity contribution in [3.05, 3.63) is 51.3 Å². The van der Waals surface area contributed by atoms with Crippen LogP contribution in [0.15, 0.2) is 29.1 Å². The van der Waals surface area contributed by atoms with Crippen LogP contribution in [-0.2, 0) is 12.1 Å². The minimum Gasteiger partial charge on any atom is -0.386 e. The Hall–Kier alpha value is -1.94. The van der Waals surface area contributed by atoms with E-state index in [0.29, 0.717) is 12.1 Å². The van der Waals surface area contributed by atoms with Gasteiger partial charge in [-0.25, -0.2) is 4.68 Å². The predicted molar refractivity (Wildman–Crippen MR) is 84.3 cm³/mol. The Bertz CT molecular complexity index is 725. The van der Waals surface area contributed by atoms with Crippen LogP contribution >= 0.6 is 0 Å². The summed E-state index contributed by atoms with van der Waals surface area (Å²) in [4.78, 5) is 12.3. The SMILES string of the molecule is CCn1nc(-c2cc(C)ccc2C)cc(C(C)(C)O)c1=O. The quantitative estimate of drug-likeness (QED) is 0.944. The summed E-state index contributed by atoms with van der Waals surface area (Å²) in [6.45, 7) is 9.63. The van der Waals surface area contributed by atoms with Gasteiger partial charge < -0.3 is 5.11 Å². The largest absolute Gasteiger partial charge is 0.386 e. The molecule has 1 aromatic heterocycles. The van der Waals surface area contributed by atoms with Gasteiger partial charge in [0.15, 0.2) is 0 Å². The summed E-state index contributed by atoms with van der Waals surface area (Å²) in [6.07, 6.45) is 0. The molecule has 4 nitrogen and oxygen atoms in total. The van der Waals surface area contributed by atoms with Crippen molar-refractivity contribution in [2.24, 2.45) is 0 Å². The Morgan fingerprint density at radius 1 is 1.24 bits per heavy atom. The van der Waals surface area contributed by atoms with E-state index in [1.807, 2.05) is 32.9 Å². The molecule has 0 amide bonds. The van der Waals surface area contributed by atoms with Gasteiger partial charge in [0.2, 0.25) is 0 Å². The van der Waals surface area contributed by atoms with Crippen LogP contribution in [0, 0.1) is 13.8 Å². The smallest absolute Gasteiger partial charge is 0.272 e. The first-order valence-electron chi connectivity index (χ1n) is 7.16. The number of aromatic nitrogens is 2. The fourth-order valence-electron chi connectivity index (χ4n) is 2.34. The molecular weight excluding hydrogens is 264 g/mol. The summed E-state index contributed by atoms with van der Waals surface area (Å²) in [6, 6.07) is 7.84. The van der Waals surface area contributed by atoms with Gasteiger partial charge in [0.1, 0.15) is 0 Å². The Kier molecular flexibility index (Phi) is 4.01. The third-order valence-corrected chi connectivity index (χ3v) is 3.60. The predicted octanol–water partition coefficient (Wildman–Crippen LogP) is 2.77. The number of hydrogen-bond acceptors (Lipinski definition) is 3. The monoisotopic (exact) mass is 286 g/mol. The van der Waals surface area contributed by atoms with Gasteiger partial charge in [0.05, 0.1) is 16.9 Å². The van der Waals surface area contributed by atoms with Crippen LogP contribution in [0.2, 0.25) is 0 Å². The molecule has 0 aliphatic heterocycles. The summed E-state index contributed by atoms with van der Waals surface area (Å²) >= 11 is 0. The molecule has 0 atom stereocenters. The maximum atomic E-state index is 12.3. The van der Waals surface area contributed by atoms with Gasteiger partial charge in [-0.15, -0.1) is 0 Å². The molecule has 0 radical (unpaired) electrons. The van der Waals surface area contributed by atoms with E-state index in [1.165, 1.54) is 4.68 Å². The van der Waals surface area contributed by atoms with Gasteiger partial charge in [0.25, 0.3) is 5.56 Å². The second-order valence-electron chi connectivity index (χ2n) is 5.94. The lowest BCUT2D eigenvalue weighted by atomic mass is 9.96. The lowest BCUT2D eigenvalue weighted by molar-refractivity contribution is 0.0762. The normalized spacial score (nSPS) is 11.7. The number of rotatable bonds is 3. The molecule has 0 fully saturated rings. The number of aliphatic hydroxyl groups is 1. The molecule has 0 aliphatic carbocycles. The molecule has 4 heteroatoms. The lowest BCUT2D eigenvalue weighted by Crippen LogP contribution is -2.33. The summed E-state index contributed by atoms with van der Waals surface area (Å²) in [5.41, 5.74) is 2.88. The maximum absolute atomic E-state index is 12.3. The van der Waals surface area contributed by atoms with Crippen molar-refractivity contribution < 1.29 is 5.11 Å². The Morgan fingerprint density at radius 2 is 1.90 bits per heavy atom. The van der Waals surface area contributed by atoms with Crippen molar-refractivity contribution in [2.75, 3.05) is 0 Å². The number of nitrogens with zero attached hydrogens (tertiary/aromatic N) is 2. The van der Waals surface area contributed by atoms with Crippen LogP contribution < -0.4 is 5.56 Å². The fraction of sp³-hybridized carbons (Fsp3) is 0.412. The average molecular weight is 286 g/mol. The van der Waals surface area contributed by atoms with E-state index in [4.69, 9.17) is 0 Å². The molecule has 0 saturated carbocycles. The van der Waals surface area contributed by atoms with Crippen LogP contribution in [0.5, 0.6) is 0 Å². The zero-order valence-electron chi connectivity index (χ0n) is 13.3. The molecule has 1 aromatic carbocycles. The molecule has 0 spiro atoms. The first kappa shape index (κ1) is 15.4. The molecule has 0 unspecified atom stereocenters. The highest BCUT2D eigenvalue weighted by Crippen LogP contribution is 2.25. The molecule has 0 bridgehead atoms. The molecule has 0 saturated heterocycles. The van der Waals surface area contributed by atoms with Crippen LogP contribution in [0.3, 0.4) is 0 Å². The number of hydrogen-bond donors (Lipinski definition) is 1. The molecule has 21 heavy (non-hydrogen) atoms. The van der Waals surface area contributed by atoms with Crippen molar-refractivity contribution in [3.63, 3.8) is 0 Å². The van der Waals surface area contributed by atoms with Crippen LogP contribution in [-0.4, -0.2) is 14.9 Å². The summed E-state index contributed by atoms with van der Waals surface area (Å²) in [7, 11) is 0. The number of benzene rings is 1. The van der Waals surface area contributed by atoms with Crippen LogP contribution in [0.4, 0.5) is 0 Å². The van der Waals surface area contributed by atoms with Gasteiger partial charge in [-0.05, 0) is 52.3 Å². The zero-order chi connectivity index (χ0) is 15.8. The molecular formula is C17H22N2O2. The van der Waals surface area contributed by atoms with Crippen LogP contribution in [0.1, 0.15) is 37.5 Å². The highest BCUT2D eigenvalue weighted by atomic mass is 16.3. The van der Waals surface area contributed by atoms with E-state index in [2.05, 4.69) is 11.2 Å². The highest BCUT2D eigenvalue weighted by molar-refractivity contribution is 5.64. The molecule has 2 rings (SSSR count). The van der Waals surface area contributed by atoms with E-state index >= 15 is 0 Å². The van der Waals surface area contributed by atoms with Gasteiger partial charge in [-0.3, -0.25) is 4.79 Å². The van der Waals surface area contributed by atoms with Crippen molar-refractivity contribution in [1.29, 1.82) is 0 Å². The minimum absolute atomic E-state index is 0.237. The van der Waals surface area contributed by atoms with Gasteiger partial charge in [-0.1, -0.05) is 17.7 Å². The topological polar surface area (TPSA) is 55.1 Å². The summed E-state index contributed by atoms with van der Waals surface area (Å²) < 4.78 is 1.41. The van der Waals surface area contributed by atoms with Gasteiger partial charge >= 0.3 is 0 Å². The summed E-state index contributed by atoms with van der Waals surface area (Å²) in [5.74, 6) is 0. The Balaban J connectivity index is 2.76. The third-order valence-electron chi connectivity index (χ3n) is 3.60. The lowest BCUT2D eigenvalue weighted by Gasteiger charge is -2.19. The number of aryl methyl sites for hydroxylation is 3. The Labute approximate surface area is 125 Å². The van der Waals surface area contributed by atoms with Crippen LogP contribution in [0.25, 0.3) is 11.3 Å². The first-order valence-corrected chi connectivity index (χ1v) is 7.16. The third kappa shape index (κ3) is 3.05. The minimum atomic E-state index is -1.19. The Morgan fingerprint density at radius 3 is 2.48 bits per heavy atom. The van der Waals surface area contributed by atoms with Crippen molar-refractivity contribution >= 4 is 0 Å². The first-order chi connectivity index (χ1) is 9.74. The van der Waals surface area contributed by atoms with E-state index < -0.39 is 5.60 Å². The fourth-order valence-corrected chi connectivity index (χ4v) is 2.34. The van der Waals surface area contributed by atoms with Crippen molar-refractivity contribution in [1.82, 2.24) is 9.78 Å². The van der Waals surface area contributed by atoms with E-state index in [1.54, 1.807) is 19.9 Å². The van der Waals surface area contributed by atoms with E-state index in [0.717, 1.165) is 22.4 Å². The van der Waals surface area contributed by atoms with E-state index in [9.17, 15) is 9.90 Å². The second kappa shape index (κ2) is 5.45. The zero-order valence-corrected chi connectivity index (χ0v) is 13.3. The summed E-state index contributed by atoms with van der Waals surface area (Å²) in [5, 5.41) is 14.7. The van der Waals surface area contributed by atoms with Crippen molar-refractivity contribution in [3.8, 4) is 11.3 Å². The highest BCUT2D eigenvalue weighted by Gasteiger charge is 2.23. The maximum Gasteiger partial charge on any atom is 0.272 e.